The number of hydrogen-bond acceptors (Lipinski definition) is 5. The van der Waals surface area contributed by atoms with Crippen LogP contribution in [0.5, 0.6) is 0 Å². The van der Waals surface area contributed by atoms with E-state index in [9.17, 15) is 9.36 Å². The molecule has 0 saturated heterocycles. The van der Waals surface area contributed by atoms with Gasteiger partial charge in [-0.3, -0.25) is 10.3 Å². The van der Waals surface area contributed by atoms with Gasteiger partial charge in [0, 0.05) is 12.8 Å². The lowest BCUT2D eigenvalue weighted by Gasteiger charge is -2.29. The summed E-state index contributed by atoms with van der Waals surface area (Å²) < 4.78 is 24.3. The molecule has 0 spiro atoms. The lowest BCUT2D eigenvalue weighted by atomic mass is 10.2. The third-order valence-corrected chi connectivity index (χ3v) is 6.98. The van der Waals surface area contributed by atoms with Crippen LogP contribution in [0.2, 0.25) is 0 Å². The van der Waals surface area contributed by atoms with Gasteiger partial charge in [-0.2, -0.15) is 0 Å². The topological polar surface area (TPSA) is 105 Å². The van der Waals surface area contributed by atoms with Gasteiger partial charge in [0.15, 0.2) is 7.29 Å². The third kappa shape index (κ3) is 6.88. The molecule has 6 nitrogen and oxygen atoms in total. The molecule has 0 bridgehead atoms. The Balaban J connectivity index is 2.10. The van der Waals surface area contributed by atoms with Crippen molar-refractivity contribution in [2.75, 3.05) is 6.61 Å². The molecule has 28 heavy (non-hydrogen) atoms. The first-order valence-electron chi connectivity index (χ1n) is 9.42. The van der Waals surface area contributed by atoms with Gasteiger partial charge in [-0.05, 0) is 24.5 Å². The molecule has 0 heterocycles. The minimum atomic E-state index is -3.42. The summed E-state index contributed by atoms with van der Waals surface area (Å²) in [5, 5.41) is 0. The Morgan fingerprint density at radius 2 is 1.61 bits per heavy atom. The van der Waals surface area contributed by atoms with Crippen molar-refractivity contribution in [3.63, 3.8) is 0 Å². The van der Waals surface area contributed by atoms with E-state index < -0.39 is 18.9 Å². The fourth-order valence-corrected chi connectivity index (χ4v) is 4.58. The first-order chi connectivity index (χ1) is 13.4. The number of esters is 1. The van der Waals surface area contributed by atoms with E-state index in [0.717, 1.165) is 11.1 Å². The van der Waals surface area contributed by atoms with Gasteiger partial charge in [0.25, 0.3) is 0 Å². The molecule has 3 unspecified atom stereocenters. The van der Waals surface area contributed by atoms with Gasteiger partial charge in [0.1, 0.15) is 5.85 Å². The highest BCUT2D eigenvalue weighted by Gasteiger charge is 2.36. The Hall–Kier alpha value is -1.98. The maximum Gasteiger partial charge on any atom is 0.305 e. The van der Waals surface area contributed by atoms with Crippen LogP contribution in [0.1, 0.15) is 30.9 Å². The highest BCUT2D eigenvalue weighted by molar-refractivity contribution is 7.62. The fourth-order valence-electron chi connectivity index (χ4n) is 2.81. The molecule has 0 aromatic heterocycles. The van der Waals surface area contributed by atoms with Crippen LogP contribution in [0.25, 0.3) is 0 Å². The van der Waals surface area contributed by atoms with E-state index >= 15 is 0 Å². The second-order valence-electron chi connectivity index (χ2n) is 6.62. The molecule has 3 atom stereocenters. The number of carbonyl (C=O) groups is 1. The quantitative estimate of drug-likeness (QED) is 0.438. The first kappa shape index (κ1) is 22.3. The molecule has 4 N–H and O–H groups in total. The van der Waals surface area contributed by atoms with Gasteiger partial charge in [-0.15, -0.1) is 0 Å². The summed E-state index contributed by atoms with van der Waals surface area (Å²) in [6.45, 7) is 2.31. The largest absolute Gasteiger partial charge is 0.466 e. The van der Waals surface area contributed by atoms with Crippen LogP contribution >= 0.6 is 7.29 Å². The molecule has 0 aliphatic rings. The Morgan fingerprint density at radius 1 is 1.04 bits per heavy atom. The van der Waals surface area contributed by atoms with Crippen LogP contribution in [0.4, 0.5) is 0 Å². The van der Waals surface area contributed by atoms with Crippen molar-refractivity contribution in [3.05, 3.63) is 71.8 Å². The maximum absolute atomic E-state index is 13.4. The zero-order chi connectivity index (χ0) is 20.4. The van der Waals surface area contributed by atoms with Crippen LogP contribution in [0, 0.1) is 0 Å². The van der Waals surface area contributed by atoms with E-state index in [0.29, 0.717) is 13.0 Å². The van der Waals surface area contributed by atoms with Crippen LogP contribution < -0.4 is 11.2 Å². The van der Waals surface area contributed by atoms with Gasteiger partial charge >= 0.3 is 5.97 Å². The fraction of sp³-hybridized carbons (Fsp3) is 0.381. The second-order valence-corrected chi connectivity index (χ2v) is 9.38. The third-order valence-electron chi connectivity index (χ3n) is 4.46. The van der Waals surface area contributed by atoms with E-state index in [1.807, 2.05) is 60.7 Å². The van der Waals surface area contributed by atoms with Gasteiger partial charge in [0.05, 0.1) is 19.0 Å². The van der Waals surface area contributed by atoms with E-state index in [1.54, 1.807) is 6.92 Å². The van der Waals surface area contributed by atoms with E-state index in [1.165, 1.54) is 0 Å². The summed E-state index contributed by atoms with van der Waals surface area (Å²) in [7, 11) is -3.42. The number of benzene rings is 2. The lowest BCUT2D eigenvalue weighted by molar-refractivity contribution is -0.143. The van der Waals surface area contributed by atoms with Crippen molar-refractivity contribution in [1.29, 1.82) is 0 Å². The highest BCUT2D eigenvalue weighted by Crippen LogP contribution is 2.49. The number of rotatable bonds is 11. The minimum Gasteiger partial charge on any atom is -0.466 e. The molecule has 0 saturated carbocycles. The Kier molecular flexibility index (Phi) is 8.87. The van der Waals surface area contributed by atoms with Crippen LogP contribution in [0.3, 0.4) is 0 Å². The Morgan fingerprint density at radius 3 is 2.18 bits per heavy atom. The van der Waals surface area contributed by atoms with Gasteiger partial charge < -0.3 is 19.8 Å². The van der Waals surface area contributed by atoms with E-state index in [2.05, 4.69) is 0 Å². The SMILES string of the molecule is CCOC(=O)CCC(N)P(N)(=O)C(Cc1ccccc1)OCc1ccccc1. The van der Waals surface area contributed by atoms with Gasteiger partial charge in [0.2, 0.25) is 0 Å². The van der Waals surface area contributed by atoms with Crippen LogP contribution in [0.15, 0.2) is 60.7 Å². The smallest absolute Gasteiger partial charge is 0.305 e. The van der Waals surface area contributed by atoms with Gasteiger partial charge in [-0.1, -0.05) is 60.7 Å². The molecule has 0 fully saturated rings. The van der Waals surface area contributed by atoms with Crippen molar-refractivity contribution >= 4 is 13.3 Å². The molecule has 2 aromatic carbocycles. The van der Waals surface area contributed by atoms with Crippen molar-refractivity contribution in [2.24, 2.45) is 11.2 Å². The molecule has 7 heteroatoms. The summed E-state index contributed by atoms with van der Waals surface area (Å²) in [4.78, 5) is 11.6. The number of hydrogen-bond donors (Lipinski definition) is 2. The van der Waals surface area contributed by atoms with Crippen molar-refractivity contribution in [1.82, 2.24) is 0 Å². The lowest BCUT2D eigenvalue weighted by Crippen LogP contribution is -2.34. The summed E-state index contributed by atoms with van der Waals surface area (Å²) in [5.41, 5.74) is 14.3. The molecule has 0 aliphatic carbocycles. The van der Waals surface area contributed by atoms with E-state index in [-0.39, 0.29) is 25.4 Å². The molecule has 0 aliphatic heterocycles. The molecule has 2 rings (SSSR count). The highest BCUT2D eigenvalue weighted by atomic mass is 31.2. The summed E-state index contributed by atoms with van der Waals surface area (Å²) in [6, 6.07) is 19.2. The zero-order valence-corrected chi connectivity index (χ0v) is 17.1. The molecule has 152 valence electrons. The maximum atomic E-state index is 13.4. The summed E-state index contributed by atoms with van der Waals surface area (Å²) >= 11 is 0. The predicted molar refractivity (Wildman–Crippen MR) is 111 cm³/mol. The Bertz CT molecular complexity index is 770. The Labute approximate surface area is 166 Å². The van der Waals surface area contributed by atoms with Crippen LogP contribution in [-0.2, 0) is 31.9 Å². The number of nitrogens with two attached hydrogens (primary N) is 2. The normalized spacial score (nSPS) is 15.4. The first-order valence-corrected chi connectivity index (χ1v) is 11.3. The number of carbonyl (C=O) groups excluding carboxylic acids is 1. The second kappa shape index (κ2) is 11.1. The molecule has 2 aromatic rings. The summed E-state index contributed by atoms with van der Waals surface area (Å²) in [6.07, 6.45) is 0.647. The monoisotopic (exact) mass is 404 g/mol. The predicted octanol–water partition coefficient (Wildman–Crippen LogP) is 3.64. The van der Waals surface area contributed by atoms with Crippen molar-refractivity contribution in [3.8, 4) is 0 Å². The van der Waals surface area contributed by atoms with Crippen LogP contribution in [-0.4, -0.2) is 24.2 Å². The standard InChI is InChI=1S/C21H29N2O4P/c1-2-26-20(24)14-13-19(22)28(23,25)21(15-17-9-5-3-6-10-17)27-16-18-11-7-4-8-12-18/h3-12,19,21H,2,13-16,22H2,1H3,(H2,23,25). The average molecular weight is 404 g/mol. The van der Waals surface area contributed by atoms with E-state index in [4.69, 9.17) is 20.7 Å². The number of ether oxygens (including phenoxy) is 2. The zero-order valence-electron chi connectivity index (χ0n) is 16.2. The van der Waals surface area contributed by atoms with Crippen molar-refractivity contribution < 1.29 is 18.8 Å². The average Bonchev–Trinajstić information content (AvgIpc) is 2.71. The molecule has 0 radical (unpaired) electrons. The van der Waals surface area contributed by atoms with Crippen molar-refractivity contribution in [2.45, 2.75) is 44.4 Å². The minimum absolute atomic E-state index is 0.0763. The summed E-state index contributed by atoms with van der Waals surface area (Å²) in [5.74, 6) is -1.96. The van der Waals surface area contributed by atoms with Gasteiger partial charge in [-0.25, -0.2) is 0 Å². The molecular formula is C21H29N2O4P. The molecule has 0 amide bonds. The molecular weight excluding hydrogens is 375 g/mol.